The molecule has 256 valence electrons. The molecule has 0 saturated carbocycles. The van der Waals surface area contributed by atoms with Gasteiger partial charge in [0.2, 0.25) is 0 Å². The number of phenols is 4. The van der Waals surface area contributed by atoms with Crippen LogP contribution in [-0.2, 0) is 0 Å². The van der Waals surface area contributed by atoms with Crippen molar-refractivity contribution in [2.45, 2.75) is 0 Å². The fourth-order valence-corrected chi connectivity index (χ4v) is 12.3. The zero-order chi connectivity index (χ0) is 36.4. The summed E-state index contributed by atoms with van der Waals surface area (Å²) in [5.74, 6) is 0.807. The molecule has 0 amide bonds. The van der Waals surface area contributed by atoms with E-state index in [4.69, 9.17) is 0 Å². The summed E-state index contributed by atoms with van der Waals surface area (Å²) in [6, 6.07) is 63.9. The lowest BCUT2D eigenvalue weighted by atomic mass is 10.1. The van der Waals surface area contributed by atoms with Crippen LogP contribution in [0.15, 0.2) is 194 Å². The van der Waals surface area contributed by atoms with Gasteiger partial charge in [0.05, 0.1) is 0 Å². The fraction of sp³-hybridized carbons (Fsp3) is 0. The van der Waals surface area contributed by atoms with Gasteiger partial charge in [0.15, 0.2) is 8.07 Å². The fourth-order valence-electron chi connectivity index (χ4n) is 7.47. The molecule has 0 fully saturated rings. The Balaban J connectivity index is 1.48. The lowest BCUT2D eigenvalue weighted by Gasteiger charge is -2.35. The first-order valence-electron chi connectivity index (χ1n) is 17.5. The van der Waals surface area contributed by atoms with Crippen LogP contribution in [0.2, 0.25) is 0 Å². The third-order valence-electron chi connectivity index (χ3n) is 9.90. The van der Waals surface area contributed by atoms with E-state index in [9.17, 15) is 20.4 Å². The Bertz CT molecular complexity index is 2230. The van der Waals surface area contributed by atoms with Crippen molar-refractivity contribution in [3.63, 3.8) is 0 Å². The normalized spacial score (nSPS) is 11.3. The van der Waals surface area contributed by atoms with Crippen molar-refractivity contribution < 1.29 is 20.4 Å². The quantitative estimate of drug-likeness (QED) is 0.0945. The molecule has 0 heterocycles. The third kappa shape index (κ3) is 6.58. The smallest absolute Gasteiger partial charge is 0.179 e. The van der Waals surface area contributed by atoms with Gasteiger partial charge in [-0.15, -0.1) is 0 Å². The zero-order valence-corrected chi connectivity index (χ0v) is 29.8. The summed E-state index contributed by atoms with van der Waals surface area (Å²) in [6.45, 7) is 0. The maximum atomic E-state index is 10.5. The van der Waals surface area contributed by atoms with Gasteiger partial charge in [-0.2, -0.15) is 0 Å². The highest BCUT2D eigenvalue weighted by Gasteiger charge is 2.42. The Morgan fingerprint density at radius 1 is 0.226 bits per heavy atom. The number of hydrogen-bond donors (Lipinski definition) is 4. The SMILES string of the molecule is Oc1cccc(-c2cccc([Si](c3cccc(-c4cccc(O)c4)c3)(c3cccc(-c4cccc(O)c4)c3)c3cccc(-c4cccc(O)c4)c3)c2)c1. The molecule has 0 bridgehead atoms. The van der Waals surface area contributed by atoms with Crippen molar-refractivity contribution in [1.29, 1.82) is 0 Å². The Hall–Kier alpha value is -6.82. The van der Waals surface area contributed by atoms with Gasteiger partial charge in [0.1, 0.15) is 23.0 Å². The topological polar surface area (TPSA) is 80.9 Å². The molecule has 0 saturated heterocycles. The summed E-state index contributed by atoms with van der Waals surface area (Å²) in [4.78, 5) is 0. The summed E-state index contributed by atoms with van der Waals surface area (Å²) >= 11 is 0. The molecular formula is C48H36O4Si. The maximum absolute atomic E-state index is 10.5. The minimum absolute atomic E-state index is 0.202. The average Bonchev–Trinajstić information content (AvgIpc) is 3.19. The molecule has 0 aliphatic rings. The third-order valence-corrected chi connectivity index (χ3v) is 14.6. The lowest BCUT2D eigenvalue weighted by molar-refractivity contribution is 0.475. The zero-order valence-electron chi connectivity index (χ0n) is 28.8. The second kappa shape index (κ2) is 14.1. The molecule has 4 N–H and O–H groups in total. The van der Waals surface area contributed by atoms with E-state index in [1.807, 2.05) is 48.5 Å². The predicted molar refractivity (Wildman–Crippen MR) is 218 cm³/mol. The second-order valence-corrected chi connectivity index (χ2v) is 17.1. The Morgan fingerprint density at radius 3 is 0.623 bits per heavy atom. The van der Waals surface area contributed by atoms with Crippen molar-refractivity contribution in [3.8, 4) is 67.5 Å². The first-order valence-corrected chi connectivity index (χ1v) is 19.5. The van der Waals surface area contributed by atoms with Gasteiger partial charge < -0.3 is 20.4 Å². The molecule has 0 spiro atoms. The van der Waals surface area contributed by atoms with Gasteiger partial charge in [-0.1, -0.05) is 146 Å². The van der Waals surface area contributed by atoms with Gasteiger partial charge in [0.25, 0.3) is 0 Å². The number of rotatable bonds is 8. The van der Waals surface area contributed by atoms with Crippen molar-refractivity contribution in [2.24, 2.45) is 0 Å². The number of hydrogen-bond acceptors (Lipinski definition) is 4. The molecule has 0 unspecified atom stereocenters. The van der Waals surface area contributed by atoms with E-state index in [0.717, 1.165) is 65.3 Å². The van der Waals surface area contributed by atoms with Gasteiger partial charge in [-0.05, 0) is 114 Å². The van der Waals surface area contributed by atoms with E-state index >= 15 is 0 Å². The van der Waals surface area contributed by atoms with Crippen LogP contribution < -0.4 is 20.7 Å². The summed E-state index contributed by atoms with van der Waals surface area (Å²) in [5.41, 5.74) is 7.55. The monoisotopic (exact) mass is 704 g/mol. The van der Waals surface area contributed by atoms with Crippen LogP contribution in [0.4, 0.5) is 0 Å². The summed E-state index contributed by atoms with van der Waals surface area (Å²) in [5, 5.41) is 46.4. The second-order valence-electron chi connectivity index (χ2n) is 13.3. The molecule has 0 aliphatic heterocycles. The first kappa shape index (κ1) is 33.3. The van der Waals surface area contributed by atoms with E-state index < -0.39 is 8.07 Å². The van der Waals surface area contributed by atoms with E-state index in [1.165, 1.54) is 0 Å². The highest BCUT2D eigenvalue weighted by atomic mass is 28.3. The van der Waals surface area contributed by atoms with Crippen molar-refractivity contribution in [3.05, 3.63) is 194 Å². The van der Waals surface area contributed by atoms with Gasteiger partial charge in [-0.3, -0.25) is 0 Å². The van der Waals surface area contributed by atoms with Crippen LogP contribution >= 0.6 is 0 Å². The highest BCUT2D eigenvalue weighted by molar-refractivity contribution is 7.20. The standard InChI is InChI=1S/C48H36O4Si/c49-41-17-1-9-33(25-41)37-13-5-21-45(29-37)53(46-22-6-14-38(30-46)34-10-2-18-42(50)26-34,47-23-7-15-39(31-47)35-11-3-19-43(51)27-35)48-24-8-16-40(32-48)36-12-4-20-44(52)28-36/h1-32,49-52H. The van der Waals surface area contributed by atoms with Crippen LogP contribution in [0.3, 0.4) is 0 Å². The Kier molecular flexibility index (Phi) is 8.84. The summed E-state index contributed by atoms with van der Waals surface area (Å²) in [6.07, 6.45) is 0. The van der Waals surface area contributed by atoms with Gasteiger partial charge in [-0.25, -0.2) is 0 Å². The lowest BCUT2D eigenvalue weighted by Crippen LogP contribution is -2.74. The molecule has 4 nitrogen and oxygen atoms in total. The van der Waals surface area contributed by atoms with E-state index in [1.54, 1.807) is 48.5 Å². The molecule has 0 aliphatic carbocycles. The van der Waals surface area contributed by atoms with E-state index in [2.05, 4.69) is 97.1 Å². The minimum Gasteiger partial charge on any atom is -0.508 e. The van der Waals surface area contributed by atoms with Crippen LogP contribution in [0.1, 0.15) is 0 Å². The molecule has 8 rings (SSSR count). The largest absolute Gasteiger partial charge is 0.508 e. The molecule has 0 radical (unpaired) electrons. The molecule has 53 heavy (non-hydrogen) atoms. The number of aromatic hydroxyl groups is 4. The van der Waals surface area contributed by atoms with E-state index in [0.29, 0.717) is 0 Å². The first-order chi connectivity index (χ1) is 25.9. The Labute approximate surface area is 309 Å². The number of phenolic OH excluding ortho intramolecular Hbond substituents is 4. The van der Waals surface area contributed by atoms with Crippen molar-refractivity contribution >= 4 is 28.8 Å². The molecule has 0 atom stereocenters. The predicted octanol–water partition coefficient (Wildman–Crippen LogP) is 8.55. The minimum atomic E-state index is -3.26. The van der Waals surface area contributed by atoms with Crippen LogP contribution in [0, 0.1) is 0 Å². The van der Waals surface area contributed by atoms with Crippen LogP contribution in [-0.4, -0.2) is 28.5 Å². The van der Waals surface area contributed by atoms with Crippen LogP contribution in [0.5, 0.6) is 23.0 Å². The molecule has 5 heteroatoms. The molecular weight excluding hydrogens is 669 g/mol. The molecule has 8 aromatic carbocycles. The van der Waals surface area contributed by atoms with Gasteiger partial charge >= 0.3 is 0 Å². The summed E-state index contributed by atoms with van der Waals surface area (Å²) < 4.78 is 0. The summed E-state index contributed by atoms with van der Waals surface area (Å²) in [7, 11) is -3.26. The van der Waals surface area contributed by atoms with E-state index in [-0.39, 0.29) is 23.0 Å². The van der Waals surface area contributed by atoms with Crippen LogP contribution in [0.25, 0.3) is 44.5 Å². The van der Waals surface area contributed by atoms with Crippen molar-refractivity contribution in [1.82, 2.24) is 0 Å². The Morgan fingerprint density at radius 2 is 0.415 bits per heavy atom. The van der Waals surface area contributed by atoms with Gasteiger partial charge in [0, 0.05) is 0 Å². The van der Waals surface area contributed by atoms with Crippen molar-refractivity contribution in [2.75, 3.05) is 0 Å². The molecule has 8 aromatic rings. The number of benzene rings is 8. The molecule has 0 aromatic heterocycles. The average molecular weight is 705 g/mol. The highest BCUT2D eigenvalue weighted by Crippen LogP contribution is 2.29. The maximum Gasteiger partial charge on any atom is 0.179 e.